The molecule has 4 nitrogen and oxygen atoms in total. The van der Waals surface area contributed by atoms with Crippen molar-refractivity contribution in [3.05, 3.63) is 82.6 Å². The van der Waals surface area contributed by atoms with Crippen molar-refractivity contribution in [2.45, 2.75) is 12.8 Å². The summed E-state index contributed by atoms with van der Waals surface area (Å²) in [5, 5.41) is 1.90. The Balaban J connectivity index is 1.41. The third-order valence-corrected chi connectivity index (χ3v) is 5.79. The van der Waals surface area contributed by atoms with Crippen LogP contribution < -0.4 is 4.74 Å². The van der Waals surface area contributed by atoms with E-state index >= 15 is 0 Å². The summed E-state index contributed by atoms with van der Waals surface area (Å²) in [4.78, 5) is 28.1. The van der Waals surface area contributed by atoms with Crippen molar-refractivity contribution >= 4 is 23.0 Å². The molecule has 1 atom stereocenters. The largest absolute Gasteiger partial charge is 0.457 e. The van der Waals surface area contributed by atoms with Crippen LogP contribution in [0.2, 0.25) is 0 Å². The summed E-state index contributed by atoms with van der Waals surface area (Å²) in [7, 11) is 0. The smallest absolute Gasteiger partial charge is 0.263 e. The molecule has 1 aliphatic rings. The van der Waals surface area contributed by atoms with Crippen LogP contribution >= 0.6 is 11.3 Å². The van der Waals surface area contributed by atoms with Crippen LogP contribution in [0.5, 0.6) is 11.5 Å². The second-order valence-corrected chi connectivity index (χ2v) is 7.82. The van der Waals surface area contributed by atoms with Crippen molar-refractivity contribution in [1.29, 1.82) is 0 Å². The first-order chi connectivity index (χ1) is 13.7. The molecule has 28 heavy (non-hydrogen) atoms. The maximum atomic E-state index is 12.9. The second-order valence-electron chi connectivity index (χ2n) is 6.87. The van der Waals surface area contributed by atoms with E-state index in [0.717, 1.165) is 23.5 Å². The number of rotatable bonds is 5. The number of carbonyl (C=O) groups excluding carboxylic acids is 2. The first-order valence-corrected chi connectivity index (χ1v) is 10.3. The fraction of sp³-hybridized carbons (Fsp3) is 0.217. The van der Waals surface area contributed by atoms with Gasteiger partial charge >= 0.3 is 0 Å². The Bertz CT molecular complexity index is 936. The Morgan fingerprint density at radius 1 is 0.929 bits per heavy atom. The minimum atomic E-state index is -0.154. The number of hydrogen-bond acceptors (Lipinski definition) is 4. The van der Waals surface area contributed by atoms with Crippen LogP contribution in [-0.2, 0) is 0 Å². The van der Waals surface area contributed by atoms with Gasteiger partial charge in [-0.15, -0.1) is 11.3 Å². The Kier molecular flexibility index (Phi) is 5.53. The van der Waals surface area contributed by atoms with Gasteiger partial charge in [-0.25, -0.2) is 0 Å². The molecule has 0 spiro atoms. The van der Waals surface area contributed by atoms with E-state index in [1.807, 2.05) is 64.9 Å². The molecule has 2 aromatic carbocycles. The third kappa shape index (κ3) is 4.15. The minimum absolute atomic E-state index is 0.0270. The minimum Gasteiger partial charge on any atom is -0.457 e. The fourth-order valence-electron chi connectivity index (χ4n) is 3.48. The van der Waals surface area contributed by atoms with Crippen LogP contribution in [0.15, 0.2) is 72.1 Å². The second kappa shape index (κ2) is 8.40. The highest BCUT2D eigenvalue weighted by atomic mass is 32.1. The number of ether oxygens (including phenoxy) is 1. The molecule has 0 radical (unpaired) electrons. The van der Waals surface area contributed by atoms with Crippen LogP contribution in [0.1, 0.15) is 32.9 Å². The van der Waals surface area contributed by atoms with E-state index in [9.17, 15) is 9.59 Å². The number of hydrogen-bond donors (Lipinski definition) is 0. The number of benzene rings is 2. The molecule has 142 valence electrons. The number of nitrogens with zero attached hydrogens (tertiary/aromatic N) is 1. The molecule has 1 amide bonds. The molecule has 1 saturated heterocycles. The van der Waals surface area contributed by atoms with Gasteiger partial charge in [-0.05, 0) is 60.7 Å². The fourth-order valence-corrected chi connectivity index (χ4v) is 4.17. The molecular formula is C23H21NO3S. The number of carbonyl (C=O) groups is 2. The Hall–Kier alpha value is -2.92. The molecular weight excluding hydrogens is 370 g/mol. The van der Waals surface area contributed by atoms with Gasteiger partial charge in [-0.2, -0.15) is 0 Å². The molecule has 1 aromatic heterocycles. The van der Waals surface area contributed by atoms with Crippen molar-refractivity contribution in [3.63, 3.8) is 0 Å². The highest BCUT2D eigenvalue weighted by Crippen LogP contribution is 2.26. The highest BCUT2D eigenvalue weighted by Gasteiger charge is 2.29. The molecule has 1 unspecified atom stereocenters. The average Bonchev–Trinajstić information content (AvgIpc) is 3.29. The molecule has 3 aromatic rings. The Labute approximate surface area is 168 Å². The molecule has 0 saturated carbocycles. The predicted molar refractivity (Wildman–Crippen MR) is 110 cm³/mol. The van der Waals surface area contributed by atoms with E-state index in [4.69, 9.17) is 4.74 Å². The van der Waals surface area contributed by atoms with E-state index < -0.39 is 0 Å². The van der Waals surface area contributed by atoms with Gasteiger partial charge < -0.3 is 9.64 Å². The van der Waals surface area contributed by atoms with Gasteiger partial charge in [0.2, 0.25) is 0 Å². The first-order valence-electron chi connectivity index (χ1n) is 9.40. The van der Waals surface area contributed by atoms with Crippen LogP contribution in [0.3, 0.4) is 0 Å². The molecule has 1 fully saturated rings. The standard InChI is InChI=1S/C23H21NO3S/c25-22(17-10-12-20(13-11-17)27-19-7-2-1-3-8-19)18-6-4-14-24(16-18)23(26)21-9-5-15-28-21/h1-3,5,7-13,15,18H,4,6,14,16H2. The van der Waals surface area contributed by atoms with Crippen LogP contribution in [0.25, 0.3) is 0 Å². The van der Waals surface area contributed by atoms with Crippen molar-refractivity contribution in [3.8, 4) is 11.5 Å². The van der Waals surface area contributed by atoms with Crippen molar-refractivity contribution in [1.82, 2.24) is 4.90 Å². The number of thiophene rings is 1. The average molecular weight is 391 g/mol. The molecule has 0 aliphatic carbocycles. The lowest BCUT2D eigenvalue weighted by Crippen LogP contribution is -2.42. The maximum absolute atomic E-state index is 12.9. The molecule has 4 rings (SSSR count). The summed E-state index contributed by atoms with van der Waals surface area (Å²) in [6, 6.07) is 20.5. The molecule has 5 heteroatoms. The zero-order chi connectivity index (χ0) is 19.3. The van der Waals surface area contributed by atoms with Gasteiger partial charge in [0.05, 0.1) is 4.88 Å². The number of ketones is 1. The summed E-state index contributed by atoms with van der Waals surface area (Å²) < 4.78 is 5.79. The summed E-state index contributed by atoms with van der Waals surface area (Å²) in [6.45, 7) is 1.20. The number of Topliss-reactive ketones (excluding diaryl/α,β-unsaturated/α-hetero) is 1. The van der Waals surface area contributed by atoms with Gasteiger partial charge in [0, 0.05) is 24.6 Å². The van der Waals surface area contributed by atoms with E-state index in [1.54, 1.807) is 12.1 Å². The summed E-state index contributed by atoms with van der Waals surface area (Å²) in [5.74, 6) is 1.42. The summed E-state index contributed by atoms with van der Waals surface area (Å²) >= 11 is 1.44. The topological polar surface area (TPSA) is 46.6 Å². The molecule has 1 aliphatic heterocycles. The van der Waals surface area contributed by atoms with Gasteiger partial charge in [0.25, 0.3) is 5.91 Å². The first kappa shape index (κ1) is 18.4. The lowest BCUT2D eigenvalue weighted by molar-refractivity contribution is 0.0641. The van der Waals surface area contributed by atoms with E-state index in [1.165, 1.54) is 11.3 Å². The zero-order valence-corrected chi connectivity index (χ0v) is 16.2. The van der Waals surface area contributed by atoms with Gasteiger partial charge in [0.15, 0.2) is 5.78 Å². The number of likely N-dealkylation sites (tertiary alicyclic amines) is 1. The van der Waals surface area contributed by atoms with Gasteiger partial charge in [0.1, 0.15) is 11.5 Å². The number of amides is 1. The van der Waals surface area contributed by atoms with Crippen LogP contribution in [0.4, 0.5) is 0 Å². The SMILES string of the molecule is O=C(c1ccc(Oc2ccccc2)cc1)C1CCCN(C(=O)c2cccs2)C1. The summed E-state index contributed by atoms with van der Waals surface area (Å²) in [6.07, 6.45) is 1.66. The van der Waals surface area contributed by atoms with Crippen LogP contribution in [0, 0.1) is 5.92 Å². The number of piperidine rings is 1. The predicted octanol–water partition coefficient (Wildman–Crippen LogP) is 5.28. The normalized spacial score (nSPS) is 16.6. The molecule has 2 heterocycles. The third-order valence-electron chi connectivity index (χ3n) is 4.93. The van der Waals surface area contributed by atoms with Gasteiger partial charge in [-0.3, -0.25) is 9.59 Å². The maximum Gasteiger partial charge on any atom is 0.263 e. The van der Waals surface area contributed by atoms with E-state index in [2.05, 4.69) is 0 Å². The lowest BCUT2D eigenvalue weighted by Gasteiger charge is -2.31. The van der Waals surface area contributed by atoms with Crippen LogP contribution in [-0.4, -0.2) is 29.7 Å². The number of para-hydroxylation sites is 1. The van der Waals surface area contributed by atoms with Gasteiger partial charge in [-0.1, -0.05) is 24.3 Å². The van der Waals surface area contributed by atoms with Crippen molar-refractivity contribution in [2.75, 3.05) is 13.1 Å². The highest BCUT2D eigenvalue weighted by molar-refractivity contribution is 7.12. The lowest BCUT2D eigenvalue weighted by atomic mass is 9.90. The van der Waals surface area contributed by atoms with E-state index in [0.29, 0.717) is 24.4 Å². The van der Waals surface area contributed by atoms with E-state index in [-0.39, 0.29) is 17.6 Å². The monoisotopic (exact) mass is 391 g/mol. The Morgan fingerprint density at radius 2 is 1.68 bits per heavy atom. The van der Waals surface area contributed by atoms with Crippen molar-refractivity contribution in [2.24, 2.45) is 5.92 Å². The zero-order valence-electron chi connectivity index (χ0n) is 15.4. The summed E-state index contributed by atoms with van der Waals surface area (Å²) in [5.41, 5.74) is 0.663. The quantitative estimate of drug-likeness (QED) is 0.556. The molecule has 0 bridgehead atoms. The molecule has 0 N–H and O–H groups in total. The Morgan fingerprint density at radius 3 is 2.39 bits per heavy atom. The van der Waals surface area contributed by atoms with Crippen molar-refractivity contribution < 1.29 is 14.3 Å².